The molecule has 376 valence electrons. The highest BCUT2D eigenvalue weighted by atomic mass is 15.0. The van der Waals surface area contributed by atoms with Gasteiger partial charge in [-0.1, -0.05) is 72.8 Å². The van der Waals surface area contributed by atoms with Crippen LogP contribution in [0, 0.1) is 101 Å². The monoisotopic (exact) mass is 1050 g/mol. The maximum atomic E-state index is 11.9. The summed E-state index contributed by atoms with van der Waals surface area (Å²) in [5.41, 5.74) is 14.5. The lowest BCUT2D eigenvalue weighted by molar-refractivity contribution is 1.12. The fraction of sp³-hybridized carbons (Fsp3) is 0.0141. The minimum Gasteiger partial charge on any atom is -0.308 e. The lowest BCUT2D eigenvalue weighted by atomic mass is 9.96. The van der Waals surface area contributed by atoms with E-state index in [1.54, 1.807) is 78.9 Å². The minimum atomic E-state index is 0.272. The van der Waals surface area contributed by atoms with Crippen LogP contribution < -0.4 is 0 Å². The zero-order chi connectivity index (χ0) is 57.6. The first-order chi connectivity index (χ1) is 40.5. The molecule has 10 aromatic carbocycles. The molecule has 12 heteroatoms. The van der Waals surface area contributed by atoms with E-state index < -0.39 is 0 Å². The number of nitriles is 6. The minimum absolute atomic E-state index is 0.272. The molecule has 0 saturated carbocycles. The number of nitrogens with zero attached hydrogens (tertiary/aromatic N) is 12. The Bertz CT molecular complexity index is 4810. The van der Waals surface area contributed by atoms with Crippen molar-refractivity contribution in [3.63, 3.8) is 0 Å². The van der Waals surface area contributed by atoms with E-state index in [-0.39, 0.29) is 5.56 Å². The van der Waals surface area contributed by atoms with Gasteiger partial charge in [-0.25, -0.2) is 19.4 Å². The Morgan fingerprint density at radius 2 is 0.735 bits per heavy atom. The first kappa shape index (κ1) is 50.5. The molecule has 0 aliphatic carbocycles. The predicted molar refractivity (Wildman–Crippen MR) is 320 cm³/mol. The van der Waals surface area contributed by atoms with Gasteiger partial charge in [0, 0.05) is 32.7 Å². The number of benzene rings is 10. The molecule has 0 aliphatic rings. The van der Waals surface area contributed by atoms with Crippen molar-refractivity contribution in [1.82, 2.24) is 9.13 Å². The summed E-state index contributed by atoms with van der Waals surface area (Å²) in [5, 5.41) is 65.4. The van der Waals surface area contributed by atoms with Gasteiger partial charge in [-0.2, -0.15) is 31.6 Å². The third-order valence-corrected chi connectivity index (χ3v) is 15.0. The molecule has 0 bridgehead atoms. The van der Waals surface area contributed by atoms with Crippen LogP contribution in [0.1, 0.15) is 38.9 Å². The first-order valence-electron chi connectivity index (χ1n) is 25.5. The predicted octanol–water partition coefficient (Wildman–Crippen LogP) is 18.0. The standard InChI is InChI=1S/C71H32N12/c1-41-22-44(37-74)25-49(23-41)50-32-70(82-66-18-8-45(55-14-6-42(35-72)24-51(55)38-75)28-59(66)61-30-47(10-20-68(61)82)57-15-7-43(36-73)26-64(57)80-4)63(40-77)71(33-50)83-67-19-9-46(56-16-12-53(78-2)27-52(56)39-76)29-60(67)62-31-48(11-21-69(62)83)58-17-13-54(79-3)34-65(58)81-5/h6-34H,1H3. The van der Waals surface area contributed by atoms with Crippen LogP contribution in [0.4, 0.5) is 22.7 Å². The summed E-state index contributed by atoms with van der Waals surface area (Å²) in [7, 11) is 0. The van der Waals surface area contributed by atoms with E-state index in [0.717, 1.165) is 27.1 Å². The van der Waals surface area contributed by atoms with Gasteiger partial charge in [-0.3, -0.25) is 0 Å². The summed E-state index contributed by atoms with van der Waals surface area (Å²) in [6.45, 7) is 33.4. The molecule has 0 aliphatic heterocycles. The smallest absolute Gasteiger partial charge is 0.196 e. The highest BCUT2D eigenvalue weighted by molar-refractivity contribution is 6.14. The molecule has 0 unspecified atom stereocenters. The molecular formula is C71H32N12. The van der Waals surface area contributed by atoms with E-state index in [1.165, 1.54) is 0 Å². The van der Waals surface area contributed by atoms with Crippen molar-refractivity contribution >= 4 is 66.4 Å². The molecular weight excluding hydrogens is 1020 g/mol. The van der Waals surface area contributed by atoms with E-state index >= 15 is 0 Å². The number of hydrogen-bond donors (Lipinski definition) is 0. The summed E-state index contributed by atoms with van der Waals surface area (Å²) < 4.78 is 4.06. The number of hydrogen-bond acceptors (Lipinski definition) is 6. The van der Waals surface area contributed by atoms with Crippen LogP contribution in [0.3, 0.4) is 0 Å². The van der Waals surface area contributed by atoms with Gasteiger partial charge in [0.15, 0.2) is 22.7 Å². The van der Waals surface area contributed by atoms with Gasteiger partial charge >= 0.3 is 0 Å². The van der Waals surface area contributed by atoms with Crippen LogP contribution >= 0.6 is 0 Å². The Morgan fingerprint density at radius 1 is 0.325 bits per heavy atom. The largest absolute Gasteiger partial charge is 0.308 e. The second-order valence-corrected chi connectivity index (χ2v) is 19.6. The van der Waals surface area contributed by atoms with Crippen molar-refractivity contribution in [2.45, 2.75) is 6.92 Å². The second kappa shape index (κ2) is 20.2. The average molecular weight is 1050 g/mol. The van der Waals surface area contributed by atoms with Gasteiger partial charge in [-0.05, 0) is 171 Å². The summed E-state index contributed by atoms with van der Waals surface area (Å²) in [4.78, 5) is 14.7. The van der Waals surface area contributed by atoms with Crippen LogP contribution in [0.5, 0.6) is 0 Å². The van der Waals surface area contributed by atoms with Gasteiger partial charge in [-0.15, -0.1) is 0 Å². The highest BCUT2D eigenvalue weighted by Gasteiger charge is 2.25. The van der Waals surface area contributed by atoms with Crippen LogP contribution in [0.25, 0.3) is 130 Å². The number of rotatable bonds is 7. The highest BCUT2D eigenvalue weighted by Crippen LogP contribution is 2.46. The summed E-state index contributed by atoms with van der Waals surface area (Å²) in [5.74, 6) is 0. The van der Waals surface area contributed by atoms with Gasteiger partial charge in [0.25, 0.3) is 0 Å². The maximum absolute atomic E-state index is 11.9. The third kappa shape index (κ3) is 8.40. The van der Waals surface area contributed by atoms with Crippen molar-refractivity contribution in [3.05, 3.63) is 261 Å². The normalized spacial score (nSPS) is 10.6. The average Bonchev–Trinajstić information content (AvgIpc) is 2.26. The first-order valence-corrected chi connectivity index (χ1v) is 25.5. The second-order valence-electron chi connectivity index (χ2n) is 19.6. The fourth-order valence-electron chi connectivity index (χ4n) is 11.3. The fourth-order valence-corrected chi connectivity index (χ4v) is 11.3. The van der Waals surface area contributed by atoms with Crippen LogP contribution in [0.2, 0.25) is 0 Å². The van der Waals surface area contributed by atoms with E-state index in [0.29, 0.717) is 140 Å². The molecule has 83 heavy (non-hydrogen) atoms. The number of fused-ring (bicyclic) bond motifs is 6. The van der Waals surface area contributed by atoms with Gasteiger partial charge in [0.1, 0.15) is 11.6 Å². The van der Waals surface area contributed by atoms with Gasteiger partial charge < -0.3 is 9.13 Å². The van der Waals surface area contributed by atoms with Gasteiger partial charge in [0.05, 0.1) is 107 Å². The summed E-state index contributed by atoms with van der Waals surface area (Å²) in [6.07, 6.45) is 0. The van der Waals surface area contributed by atoms with Crippen LogP contribution in [0.15, 0.2) is 176 Å². The van der Waals surface area contributed by atoms with Crippen molar-refractivity contribution in [1.29, 1.82) is 31.6 Å². The third-order valence-electron chi connectivity index (χ3n) is 15.0. The zero-order valence-corrected chi connectivity index (χ0v) is 43.6. The van der Waals surface area contributed by atoms with E-state index in [1.807, 2.05) is 113 Å². The quantitative estimate of drug-likeness (QED) is 0.144. The molecule has 0 amide bonds. The molecule has 0 atom stereocenters. The Kier molecular flexibility index (Phi) is 12.3. The topological polar surface area (TPSA) is 170 Å². The van der Waals surface area contributed by atoms with E-state index in [2.05, 4.69) is 55.8 Å². The summed E-state index contributed by atoms with van der Waals surface area (Å²) >= 11 is 0. The van der Waals surface area contributed by atoms with E-state index in [4.69, 9.17) is 26.3 Å². The van der Waals surface area contributed by atoms with Crippen molar-refractivity contribution in [3.8, 4) is 103 Å². The Hall–Kier alpha value is -13.3. The van der Waals surface area contributed by atoms with Crippen molar-refractivity contribution in [2.24, 2.45) is 0 Å². The van der Waals surface area contributed by atoms with E-state index in [9.17, 15) is 31.6 Å². The Morgan fingerprint density at radius 3 is 1.19 bits per heavy atom. The maximum Gasteiger partial charge on any atom is 0.196 e. The molecule has 0 saturated heterocycles. The molecule has 0 spiro atoms. The molecule has 0 fully saturated rings. The SMILES string of the molecule is [C-]#[N+]c1ccc(-c2ccc3c(c2)c2cc(-c4ccc([N+]#[C-])cc4[N+]#[C-])ccc2n3-c2cc(-c3cc(C)cc(C#N)c3)cc(-n3c4ccc(-c5ccc(C#N)cc5C#N)cc4c4cc(-c5ccc(C#N)cc5[N+]#[C-])ccc43)c2C#N)c(C#N)c1. The van der Waals surface area contributed by atoms with Crippen molar-refractivity contribution in [2.75, 3.05) is 0 Å². The molecule has 2 aromatic heterocycles. The van der Waals surface area contributed by atoms with Crippen LogP contribution in [-0.4, -0.2) is 9.13 Å². The number of aryl methyl sites for hydroxylation is 1. The van der Waals surface area contributed by atoms with Crippen LogP contribution in [-0.2, 0) is 0 Å². The molecule has 12 aromatic rings. The number of aromatic nitrogens is 2. The van der Waals surface area contributed by atoms with Gasteiger partial charge in [0.2, 0.25) is 0 Å². The Labute approximate surface area is 475 Å². The molecule has 2 heterocycles. The molecule has 0 N–H and O–H groups in total. The van der Waals surface area contributed by atoms with Crippen molar-refractivity contribution < 1.29 is 0 Å². The molecule has 12 nitrogen and oxygen atoms in total. The lowest BCUT2D eigenvalue weighted by Crippen LogP contribution is -2.05. The lowest BCUT2D eigenvalue weighted by Gasteiger charge is -2.19. The molecule has 12 rings (SSSR count). The summed E-state index contributed by atoms with van der Waals surface area (Å²) in [6, 6.07) is 66.6. The zero-order valence-electron chi connectivity index (χ0n) is 43.6. The Balaban J connectivity index is 1.20. The molecule has 0 radical (unpaired) electrons.